The lowest BCUT2D eigenvalue weighted by atomic mass is 10.2. The van der Waals surface area contributed by atoms with Gasteiger partial charge in [-0.2, -0.15) is 0 Å². The van der Waals surface area contributed by atoms with Crippen molar-refractivity contribution in [3.8, 4) is 0 Å². The highest BCUT2D eigenvalue weighted by atomic mass is 35.5. The second kappa shape index (κ2) is 5.02. The first-order valence-corrected chi connectivity index (χ1v) is 5.78. The quantitative estimate of drug-likeness (QED) is 0.857. The summed E-state index contributed by atoms with van der Waals surface area (Å²) >= 11 is 5.79. The molecular weight excluding hydrogens is 229 g/mol. The molecule has 0 aromatic heterocycles. The number of hydrogen-bond donors (Lipinski definition) is 1. The third kappa shape index (κ3) is 3.09. The molecule has 88 valence electrons. The Morgan fingerprint density at radius 2 is 2.25 bits per heavy atom. The molecule has 4 heteroatoms. The zero-order valence-electron chi connectivity index (χ0n) is 9.17. The Labute approximate surface area is 99.7 Å². The maximum absolute atomic E-state index is 13.1. The molecule has 1 aliphatic rings. The molecule has 0 amide bonds. The molecule has 0 radical (unpaired) electrons. The fourth-order valence-electron chi connectivity index (χ4n) is 1.82. The van der Waals surface area contributed by atoms with Gasteiger partial charge in [0.1, 0.15) is 5.82 Å². The van der Waals surface area contributed by atoms with Crippen LogP contribution in [0.25, 0.3) is 0 Å². The molecule has 1 N–H and O–H groups in total. The van der Waals surface area contributed by atoms with Crippen LogP contribution in [0, 0.1) is 11.7 Å². The Kier molecular flexibility index (Phi) is 3.66. The molecule has 2 nitrogen and oxygen atoms in total. The minimum Gasteiger partial charge on any atom is -0.383 e. The smallest absolute Gasteiger partial charge is 0.126 e. The lowest BCUT2D eigenvalue weighted by Crippen LogP contribution is -2.27. The minimum absolute atomic E-state index is 0.253. The van der Waals surface area contributed by atoms with Crippen LogP contribution in [-0.2, 0) is 4.74 Å². The van der Waals surface area contributed by atoms with Gasteiger partial charge in [-0.05, 0) is 37.0 Å². The highest BCUT2D eigenvalue weighted by Gasteiger charge is 2.31. The van der Waals surface area contributed by atoms with Crippen LogP contribution in [0.15, 0.2) is 18.2 Å². The highest BCUT2D eigenvalue weighted by Crippen LogP contribution is 2.34. The molecule has 1 unspecified atom stereocenters. The first kappa shape index (κ1) is 11.7. The number of rotatable bonds is 5. The van der Waals surface area contributed by atoms with E-state index in [0.717, 1.165) is 5.69 Å². The van der Waals surface area contributed by atoms with Crippen LogP contribution in [0.3, 0.4) is 0 Å². The minimum atomic E-state index is -0.318. The summed E-state index contributed by atoms with van der Waals surface area (Å²) in [5.74, 6) is 0.323. The van der Waals surface area contributed by atoms with E-state index in [9.17, 15) is 4.39 Å². The lowest BCUT2D eigenvalue weighted by Gasteiger charge is -2.18. The summed E-state index contributed by atoms with van der Waals surface area (Å²) in [6.45, 7) is 0.638. The molecule has 1 fully saturated rings. The number of halogens is 2. The largest absolute Gasteiger partial charge is 0.383 e. The maximum Gasteiger partial charge on any atom is 0.126 e. The van der Waals surface area contributed by atoms with E-state index in [2.05, 4.69) is 5.32 Å². The van der Waals surface area contributed by atoms with E-state index < -0.39 is 0 Å². The molecule has 0 aliphatic heterocycles. The topological polar surface area (TPSA) is 21.3 Å². The second-order valence-corrected chi connectivity index (χ2v) is 4.64. The third-order valence-electron chi connectivity index (χ3n) is 2.75. The van der Waals surface area contributed by atoms with Crippen LogP contribution in [-0.4, -0.2) is 19.8 Å². The van der Waals surface area contributed by atoms with Gasteiger partial charge in [-0.1, -0.05) is 11.6 Å². The van der Waals surface area contributed by atoms with Crippen LogP contribution in [0.1, 0.15) is 12.8 Å². The Morgan fingerprint density at radius 3 is 2.81 bits per heavy atom. The monoisotopic (exact) mass is 243 g/mol. The molecule has 1 aliphatic carbocycles. The van der Waals surface area contributed by atoms with E-state index in [1.165, 1.54) is 25.0 Å². The van der Waals surface area contributed by atoms with Gasteiger partial charge in [0.15, 0.2) is 0 Å². The summed E-state index contributed by atoms with van der Waals surface area (Å²) in [5.41, 5.74) is 0.721. The zero-order chi connectivity index (χ0) is 11.5. The number of nitrogens with one attached hydrogen (secondary N) is 1. The molecule has 1 atom stereocenters. The molecule has 2 rings (SSSR count). The number of ether oxygens (including phenoxy) is 1. The fraction of sp³-hybridized carbons (Fsp3) is 0.500. The van der Waals surface area contributed by atoms with Crippen molar-refractivity contribution in [1.29, 1.82) is 0 Å². The summed E-state index contributed by atoms with van der Waals surface area (Å²) in [5, 5.41) is 3.69. The van der Waals surface area contributed by atoms with Crippen molar-refractivity contribution in [2.24, 2.45) is 5.92 Å². The van der Waals surface area contributed by atoms with Gasteiger partial charge in [0, 0.05) is 17.8 Å². The SMILES string of the molecule is COCC(Nc1cc(F)cc(Cl)c1)C1CC1. The fourth-order valence-corrected chi connectivity index (χ4v) is 2.05. The van der Waals surface area contributed by atoms with Gasteiger partial charge < -0.3 is 10.1 Å². The Bertz CT molecular complexity index is 348. The van der Waals surface area contributed by atoms with Crippen molar-refractivity contribution in [3.05, 3.63) is 29.0 Å². The van der Waals surface area contributed by atoms with E-state index in [0.29, 0.717) is 17.5 Å². The van der Waals surface area contributed by atoms with Gasteiger partial charge in [-0.25, -0.2) is 4.39 Å². The second-order valence-electron chi connectivity index (χ2n) is 4.20. The van der Waals surface area contributed by atoms with Crippen molar-refractivity contribution >= 4 is 17.3 Å². The van der Waals surface area contributed by atoms with Crippen LogP contribution in [0.4, 0.5) is 10.1 Å². The Hall–Kier alpha value is -0.800. The van der Waals surface area contributed by atoms with Crippen LogP contribution in [0.5, 0.6) is 0 Å². The summed E-state index contributed by atoms with van der Waals surface area (Å²) < 4.78 is 18.3. The van der Waals surface area contributed by atoms with Crippen molar-refractivity contribution in [2.45, 2.75) is 18.9 Å². The Morgan fingerprint density at radius 1 is 1.50 bits per heavy atom. The van der Waals surface area contributed by atoms with E-state index in [-0.39, 0.29) is 11.9 Å². The normalized spacial score (nSPS) is 17.2. The van der Waals surface area contributed by atoms with E-state index >= 15 is 0 Å². The predicted molar refractivity (Wildman–Crippen MR) is 63.4 cm³/mol. The molecule has 16 heavy (non-hydrogen) atoms. The molecule has 1 aromatic carbocycles. The van der Waals surface area contributed by atoms with Gasteiger partial charge >= 0.3 is 0 Å². The van der Waals surface area contributed by atoms with Gasteiger partial charge in [0.05, 0.1) is 12.6 Å². The molecule has 1 saturated carbocycles. The number of anilines is 1. The van der Waals surface area contributed by atoms with Crippen molar-refractivity contribution in [2.75, 3.05) is 19.0 Å². The molecular formula is C12H15ClFNO. The van der Waals surface area contributed by atoms with Gasteiger partial charge in [-0.3, -0.25) is 0 Å². The lowest BCUT2D eigenvalue weighted by molar-refractivity contribution is 0.179. The zero-order valence-corrected chi connectivity index (χ0v) is 9.93. The third-order valence-corrected chi connectivity index (χ3v) is 2.97. The summed E-state index contributed by atoms with van der Waals surface area (Å²) in [7, 11) is 1.68. The van der Waals surface area contributed by atoms with E-state index in [1.54, 1.807) is 13.2 Å². The van der Waals surface area contributed by atoms with Crippen LogP contribution >= 0.6 is 11.6 Å². The van der Waals surface area contributed by atoms with Crippen molar-refractivity contribution in [3.63, 3.8) is 0 Å². The molecule has 0 spiro atoms. The van der Waals surface area contributed by atoms with Gasteiger partial charge in [0.2, 0.25) is 0 Å². The molecule has 1 aromatic rings. The van der Waals surface area contributed by atoms with Crippen molar-refractivity contribution in [1.82, 2.24) is 0 Å². The molecule has 0 bridgehead atoms. The van der Waals surface area contributed by atoms with Gasteiger partial charge in [-0.15, -0.1) is 0 Å². The number of benzene rings is 1. The first-order chi connectivity index (χ1) is 7.69. The molecule has 0 heterocycles. The van der Waals surface area contributed by atoms with E-state index in [1.807, 2.05) is 0 Å². The Balaban J connectivity index is 2.05. The standard InChI is InChI=1S/C12H15ClFNO/c1-16-7-12(8-2-3-8)15-11-5-9(13)4-10(14)6-11/h4-6,8,12,15H,2-3,7H2,1H3. The highest BCUT2D eigenvalue weighted by molar-refractivity contribution is 6.30. The van der Waals surface area contributed by atoms with Gasteiger partial charge in [0.25, 0.3) is 0 Å². The van der Waals surface area contributed by atoms with Crippen LogP contribution < -0.4 is 5.32 Å². The average Bonchev–Trinajstić information content (AvgIpc) is 2.98. The van der Waals surface area contributed by atoms with Crippen molar-refractivity contribution < 1.29 is 9.13 Å². The summed E-state index contributed by atoms with van der Waals surface area (Å²) in [6, 6.07) is 4.74. The maximum atomic E-state index is 13.1. The predicted octanol–water partition coefficient (Wildman–Crippen LogP) is 3.32. The number of hydrogen-bond acceptors (Lipinski definition) is 2. The number of methoxy groups -OCH3 is 1. The molecule has 0 saturated heterocycles. The summed E-state index contributed by atoms with van der Waals surface area (Å²) in [6.07, 6.45) is 2.42. The van der Waals surface area contributed by atoms with Crippen LogP contribution in [0.2, 0.25) is 5.02 Å². The summed E-state index contributed by atoms with van der Waals surface area (Å²) in [4.78, 5) is 0. The van der Waals surface area contributed by atoms with E-state index in [4.69, 9.17) is 16.3 Å². The first-order valence-electron chi connectivity index (χ1n) is 5.40. The average molecular weight is 244 g/mol.